The molecule has 0 radical (unpaired) electrons. The summed E-state index contributed by atoms with van der Waals surface area (Å²) in [5, 5.41) is 5.32. The normalized spacial score (nSPS) is 14.0. The molecule has 2 aliphatic rings. The lowest BCUT2D eigenvalue weighted by atomic mass is 9.88. The van der Waals surface area contributed by atoms with Crippen LogP contribution in [0, 0.1) is 6.92 Å². The number of fused-ring (bicyclic) bond motifs is 3. The molecular formula is C26H24NO+. The molecule has 0 saturated heterocycles. The molecule has 28 heavy (non-hydrogen) atoms. The fourth-order valence-corrected chi connectivity index (χ4v) is 5.25. The smallest absolute Gasteiger partial charge is 0.228 e. The third-order valence-corrected chi connectivity index (χ3v) is 6.71. The highest BCUT2D eigenvalue weighted by molar-refractivity contribution is 6.07. The van der Waals surface area contributed by atoms with E-state index in [0.29, 0.717) is 5.92 Å². The molecule has 0 spiro atoms. The Bertz CT molecular complexity index is 1330. The summed E-state index contributed by atoms with van der Waals surface area (Å²) in [6, 6.07) is 13.6. The number of hydrogen-bond donors (Lipinski definition) is 0. The largest absolute Gasteiger partial charge is 0.455 e. The van der Waals surface area contributed by atoms with Crippen LogP contribution < -0.4 is 9.30 Å². The van der Waals surface area contributed by atoms with Gasteiger partial charge in [-0.05, 0) is 64.6 Å². The van der Waals surface area contributed by atoms with E-state index in [4.69, 9.17) is 4.74 Å². The first-order valence-corrected chi connectivity index (χ1v) is 10.3. The Hall–Kier alpha value is -2.87. The number of aromatic nitrogens is 1. The van der Waals surface area contributed by atoms with Gasteiger partial charge in [-0.2, -0.15) is 0 Å². The van der Waals surface area contributed by atoms with Crippen molar-refractivity contribution in [1.29, 1.82) is 0 Å². The Labute approximate surface area is 165 Å². The van der Waals surface area contributed by atoms with Gasteiger partial charge in [0.1, 0.15) is 18.5 Å². The van der Waals surface area contributed by atoms with E-state index < -0.39 is 0 Å². The van der Waals surface area contributed by atoms with Gasteiger partial charge in [0.05, 0.1) is 10.9 Å². The quantitative estimate of drug-likeness (QED) is 0.326. The number of benzene rings is 3. The van der Waals surface area contributed by atoms with Gasteiger partial charge >= 0.3 is 0 Å². The van der Waals surface area contributed by atoms with Gasteiger partial charge in [-0.1, -0.05) is 38.1 Å². The van der Waals surface area contributed by atoms with E-state index in [1.807, 2.05) is 0 Å². The minimum Gasteiger partial charge on any atom is -0.455 e. The van der Waals surface area contributed by atoms with Gasteiger partial charge in [0.25, 0.3) is 0 Å². The third-order valence-electron chi connectivity index (χ3n) is 6.71. The van der Waals surface area contributed by atoms with Gasteiger partial charge in [-0.15, -0.1) is 0 Å². The monoisotopic (exact) mass is 366 g/mol. The fourth-order valence-electron chi connectivity index (χ4n) is 5.25. The van der Waals surface area contributed by atoms with Crippen LogP contribution in [-0.4, -0.2) is 0 Å². The van der Waals surface area contributed by atoms with Crippen LogP contribution in [0.2, 0.25) is 0 Å². The maximum absolute atomic E-state index is 6.73. The molecule has 4 aromatic rings. The number of ether oxygens (including phenoxy) is 1. The van der Waals surface area contributed by atoms with E-state index in [1.165, 1.54) is 55.1 Å². The van der Waals surface area contributed by atoms with E-state index in [1.54, 1.807) is 0 Å². The number of nitrogens with zero attached hydrogens (tertiary/aromatic N) is 1. The van der Waals surface area contributed by atoms with E-state index in [2.05, 4.69) is 75.0 Å². The summed E-state index contributed by atoms with van der Waals surface area (Å²) in [5.41, 5.74) is 8.09. The van der Waals surface area contributed by atoms with Crippen LogP contribution in [0.25, 0.3) is 32.8 Å². The summed E-state index contributed by atoms with van der Waals surface area (Å²) in [6.07, 6.45) is 4.37. The number of pyridine rings is 1. The van der Waals surface area contributed by atoms with Crippen molar-refractivity contribution in [3.8, 4) is 22.8 Å². The molecule has 0 bridgehead atoms. The molecule has 2 heterocycles. The van der Waals surface area contributed by atoms with Crippen molar-refractivity contribution in [2.24, 2.45) is 7.05 Å². The predicted octanol–water partition coefficient (Wildman–Crippen LogP) is 6.12. The van der Waals surface area contributed by atoms with Crippen molar-refractivity contribution >= 4 is 21.5 Å². The van der Waals surface area contributed by atoms with Crippen LogP contribution in [0.1, 0.15) is 42.0 Å². The van der Waals surface area contributed by atoms with Gasteiger partial charge in [0.2, 0.25) is 5.69 Å². The molecule has 1 aromatic heterocycles. The van der Waals surface area contributed by atoms with Crippen LogP contribution in [0.5, 0.6) is 11.5 Å². The first kappa shape index (κ1) is 16.1. The van der Waals surface area contributed by atoms with Crippen molar-refractivity contribution in [3.05, 3.63) is 64.8 Å². The Kier molecular flexibility index (Phi) is 3.08. The highest BCUT2D eigenvalue weighted by Gasteiger charge is 2.34. The molecule has 0 N–H and O–H groups in total. The second kappa shape index (κ2) is 5.35. The molecule has 0 saturated carbocycles. The Morgan fingerprint density at radius 3 is 2.71 bits per heavy atom. The molecule has 0 fully saturated rings. The summed E-state index contributed by atoms with van der Waals surface area (Å²) < 4.78 is 9.00. The third kappa shape index (κ3) is 1.90. The van der Waals surface area contributed by atoms with Gasteiger partial charge < -0.3 is 4.74 Å². The van der Waals surface area contributed by atoms with Gasteiger partial charge in [-0.25, -0.2) is 4.57 Å². The highest BCUT2D eigenvalue weighted by atomic mass is 16.5. The second-order valence-electron chi connectivity index (χ2n) is 8.66. The zero-order valence-electron chi connectivity index (χ0n) is 16.9. The lowest BCUT2D eigenvalue weighted by molar-refractivity contribution is -0.659. The zero-order chi connectivity index (χ0) is 19.2. The van der Waals surface area contributed by atoms with Gasteiger partial charge in [0.15, 0.2) is 6.20 Å². The summed E-state index contributed by atoms with van der Waals surface area (Å²) >= 11 is 0. The fraction of sp³-hybridized carbons (Fsp3) is 0.269. The molecule has 6 rings (SSSR count). The molecule has 0 unspecified atom stereocenters. The number of aryl methyl sites for hydroxylation is 4. The zero-order valence-corrected chi connectivity index (χ0v) is 16.9. The molecule has 1 aliphatic carbocycles. The number of hydrogen-bond acceptors (Lipinski definition) is 1. The maximum atomic E-state index is 6.73. The van der Waals surface area contributed by atoms with Crippen LogP contribution in [0.15, 0.2) is 42.6 Å². The van der Waals surface area contributed by atoms with E-state index in [0.717, 1.165) is 24.3 Å². The topological polar surface area (TPSA) is 13.1 Å². The van der Waals surface area contributed by atoms with Crippen molar-refractivity contribution in [2.45, 2.75) is 39.5 Å². The standard InChI is InChI=1S/C26H24NO/c1-14(2)18-12-17-10-11-27(4)25-22-15(3)19-7-5-6-16-8-9-20(23(16)19)26(22)28-21(13-18)24(17)25/h5-7,10-14H,8-9H2,1-4H3/q+1. The van der Waals surface area contributed by atoms with E-state index >= 15 is 0 Å². The SMILES string of the molecule is Cc1c2c(c3c4c(cccc14)CC3)Oc1cc(C(C)C)cc3cc[n+](C)c-2c13. The minimum absolute atomic E-state index is 0.475. The van der Waals surface area contributed by atoms with Crippen molar-refractivity contribution in [1.82, 2.24) is 0 Å². The van der Waals surface area contributed by atoms with Crippen LogP contribution in [-0.2, 0) is 19.9 Å². The predicted molar refractivity (Wildman–Crippen MR) is 114 cm³/mol. The summed E-state index contributed by atoms with van der Waals surface area (Å²) in [4.78, 5) is 0. The first-order valence-electron chi connectivity index (χ1n) is 10.3. The molecule has 3 aromatic carbocycles. The van der Waals surface area contributed by atoms with E-state index in [-0.39, 0.29) is 0 Å². The maximum Gasteiger partial charge on any atom is 0.228 e. The van der Waals surface area contributed by atoms with Crippen molar-refractivity contribution in [3.63, 3.8) is 0 Å². The second-order valence-corrected chi connectivity index (χ2v) is 8.66. The highest BCUT2D eigenvalue weighted by Crippen LogP contribution is 2.52. The van der Waals surface area contributed by atoms with Crippen molar-refractivity contribution in [2.75, 3.05) is 0 Å². The molecule has 0 atom stereocenters. The molecule has 138 valence electrons. The molecular weight excluding hydrogens is 342 g/mol. The number of rotatable bonds is 1. The Balaban J connectivity index is 1.81. The lowest BCUT2D eigenvalue weighted by Gasteiger charge is -2.24. The van der Waals surface area contributed by atoms with Crippen LogP contribution in [0.4, 0.5) is 0 Å². The summed E-state index contributed by atoms with van der Waals surface area (Å²) in [7, 11) is 2.16. The van der Waals surface area contributed by atoms with Crippen LogP contribution in [0.3, 0.4) is 0 Å². The molecule has 1 aliphatic heterocycles. The van der Waals surface area contributed by atoms with Gasteiger partial charge in [-0.3, -0.25) is 0 Å². The average molecular weight is 366 g/mol. The first-order chi connectivity index (χ1) is 13.5. The molecule has 2 heteroatoms. The Morgan fingerprint density at radius 1 is 1.04 bits per heavy atom. The van der Waals surface area contributed by atoms with Crippen molar-refractivity contribution < 1.29 is 9.30 Å². The summed E-state index contributed by atoms with van der Waals surface area (Å²) in [5.74, 6) is 2.58. The molecule has 2 nitrogen and oxygen atoms in total. The summed E-state index contributed by atoms with van der Waals surface area (Å²) in [6.45, 7) is 6.76. The average Bonchev–Trinajstić information content (AvgIpc) is 3.12. The van der Waals surface area contributed by atoms with Gasteiger partial charge in [0, 0.05) is 11.6 Å². The van der Waals surface area contributed by atoms with Crippen LogP contribution >= 0.6 is 0 Å². The minimum atomic E-state index is 0.475. The Morgan fingerprint density at radius 2 is 1.89 bits per heavy atom. The lowest BCUT2D eigenvalue weighted by Crippen LogP contribution is -2.32. The van der Waals surface area contributed by atoms with E-state index in [9.17, 15) is 0 Å². The molecule has 0 amide bonds.